The van der Waals surface area contributed by atoms with Crippen LogP contribution in [-0.2, 0) is 6.42 Å². The van der Waals surface area contributed by atoms with Gasteiger partial charge in [-0.25, -0.2) is 14.6 Å². The van der Waals surface area contributed by atoms with Gasteiger partial charge in [-0.15, -0.1) is 0 Å². The van der Waals surface area contributed by atoms with Crippen molar-refractivity contribution < 1.29 is 0 Å². The number of nitrogens with two attached hydrogens (primary N) is 1. The Bertz CT molecular complexity index is 462. The minimum absolute atomic E-state index is 0.119. The van der Waals surface area contributed by atoms with Gasteiger partial charge >= 0.3 is 0 Å². The van der Waals surface area contributed by atoms with E-state index in [9.17, 15) is 0 Å². The van der Waals surface area contributed by atoms with E-state index < -0.39 is 0 Å². The van der Waals surface area contributed by atoms with Crippen LogP contribution in [0.5, 0.6) is 0 Å². The summed E-state index contributed by atoms with van der Waals surface area (Å²) in [7, 11) is 0. The lowest BCUT2D eigenvalue weighted by atomic mass is 10.1. The summed E-state index contributed by atoms with van der Waals surface area (Å²) in [6, 6.07) is 0.119. The maximum atomic E-state index is 5.70. The molecule has 0 spiro atoms. The minimum Gasteiger partial charge on any atom is -0.328 e. The second-order valence-electron chi connectivity index (χ2n) is 3.68. The SMILES string of the molecule is CC(N)Cc1cnc(-n2cc(Br)cn2)nc1. The Hall–Kier alpha value is -1.27. The number of hydrogen-bond acceptors (Lipinski definition) is 4. The Morgan fingerprint density at radius 3 is 2.56 bits per heavy atom. The molecule has 0 amide bonds. The summed E-state index contributed by atoms with van der Waals surface area (Å²) in [5.41, 5.74) is 6.73. The van der Waals surface area contributed by atoms with E-state index >= 15 is 0 Å². The van der Waals surface area contributed by atoms with Crippen molar-refractivity contribution in [1.29, 1.82) is 0 Å². The van der Waals surface area contributed by atoms with Crippen LogP contribution in [0.3, 0.4) is 0 Å². The lowest BCUT2D eigenvalue weighted by Crippen LogP contribution is -2.18. The maximum absolute atomic E-state index is 5.70. The molecule has 6 heteroatoms. The van der Waals surface area contributed by atoms with Gasteiger partial charge in [-0.05, 0) is 34.8 Å². The lowest BCUT2D eigenvalue weighted by molar-refractivity contribution is 0.725. The molecule has 2 aromatic heterocycles. The molecule has 2 aromatic rings. The van der Waals surface area contributed by atoms with E-state index in [0.29, 0.717) is 5.95 Å². The zero-order valence-corrected chi connectivity index (χ0v) is 10.4. The number of halogens is 1. The first kappa shape index (κ1) is 11.2. The summed E-state index contributed by atoms with van der Waals surface area (Å²) in [5.74, 6) is 0.555. The summed E-state index contributed by atoms with van der Waals surface area (Å²) in [4.78, 5) is 8.46. The Labute approximate surface area is 102 Å². The van der Waals surface area contributed by atoms with Gasteiger partial charge in [-0.1, -0.05) is 0 Å². The lowest BCUT2D eigenvalue weighted by Gasteiger charge is -2.04. The van der Waals surface area contributed by atoms with Crippen LogP contribution >= 0.6 is 15.9 Å². The topological polar surface area (TPSA) is 69.6 Å². The van der Waals surface area contributed by atoms with E-state index in [1.807, 2.05) is 6.92 Å². The highest BCUT2D eigenvalue weighted by atomic mass is 79.9. The molecule has 2 rings (SSSR count). The third-order valence-electron chi connectivity index (χ3n) is 2.01. The van der Waals surface area contributed by atoms with Gasteiger partial charge in [0.05, 0.1) is 10.7 Å². The average molecular weight is 282 g/mol. The molecule has 0 aliphatic heterocycles. The Balaban J connectivity index is 2.19. The average Bonchev–Trinajstić information content (AvgIpc) is 2.65. The molecular weight excluding hydrogens is 270 g/mol. The first-order valence-electron chi connectivity index (χ1n) is 4.92. The van der Waals surface area contributed by atoms with E-state index in [1.165, 1.54) is 0 Å². The minimum atomic E-state index is 0.119. The molecule has 0 radical (unpaired) electrons. The number of rotatable bonds is 3. The molecule has 0 saturated carbocycles. The van der Waals surface area contributed by atoms with E-state index in [0.717, 1.165) is 16.5 Å². The Morgan fingerprint density at radius 2 is 2.06 bits per heavy atom. The fourth-order valence-electron chi connectivity index (χ4n) is 1.35. The van der Waals surface area contributed by atoms with Crippen molar-refractivity contribution in [1.82, 2.24) is 19.7 Å². The third-order valence-corrected chi connectivity index (χ3v) is 2.41. The fraction of sp³-hybridized carbons (Fsp3) is 0.300. The van der Waals surface area contributed by atoms with Crippen LogP contribution < -0.4 is 5.73 Å². The van der Waals surface area contributed by atoms with Gasteiger partial charge in [-0.3, -0.25) is 0 Å². The van der Waals surface area contributed by atoms with Crippen LogP contribution in [0, 0.1) is 0 Å². The van der Waals surface area contributed by atoms with Gasteiger partial charge in [0, 0.05) is 24.6 Å². The molecule has 0 saturated heterocycles. The molecule has 0 aromatic carbocycles. The van der Waals surface area contributed by atoms with Gasteiger partial charge in [-0.2, -0.15) is 5.10 Å². The van der Waals surface area contributed by atoms with E-state index in [1.54, 1.807) is 29.5 Å². The van der Waals surface area contributed by atoms with Gasteiger partial charge in [0.25, 0.3) is 0 Å². The summed E-state index contributed by atoms with van der Waals surface area (Å²) in [6.07, 6.45) is 7.84. The van der Waals surface area contributed by atoms with Crippen LogP contribution in [0.4, 0.5) is 0 Å². The zero-order valence-electron chi connectivity index (χ0n) is 8.84. The molecule has 2 N–H and O–H groups in total. The number of nitrogens with zero attached hydrogens (tertiary/aromatic N) is 4. The quantitative estimate of drug-likeness (QED) is 0.921. The molecule has 2 heterocycles. The maximum Gasteiger partial charge on any atom is 0.250 e. The highest BCUT2D eigenvalue weighted by Crippen LogP contribution is 2.09. The monoisotopic (exact) mass is 281 g/mol. The molecule has 0 aliphatic carbocycles. The summed E-state index contributed by atoms with van der Waals surface area (Å²) in [5, 5.41) is 4.10. The van der Waals surface area contributed by atoms with Gasteiger partial charge in [0.15, 0.2) is 0 Å². The van der Waals surface area contributed by atoms with Gasteiger partial charge in [0.1, 0.15) is 0 Å². The zero-order chi connectivity index (χ0) is 11.5. The van der Waals surface area contributed by atoms with Crippen molar-refractivity contribution in [2.45, 2.75) is 19.4 Å². The molecule has 0 fully saturated rings. The molecule has 84 valence electrons. The van der Waals surface area contributed by atoms with E-state index in [2.05, 4.69) is 31.0 Å². The number of hydrogen-bond donors (Lipinski definition) is 1. The van der Waals surface area contributed by atoms with Crippen molar-refractivity contribution >= 4 is 15.9 Å². The molecule has 1 unspecified atom stereocenters. The first-order valence-corrected chi connectivity index (χ1v) is 5.71. The Kier molecular flexibility index (Phi) is 3.31. The highest BCUT2D eigenvalue weighted by Gasteiger charge is 2.03. The van der Waals surface area contributed by atoms with Crippen LogP contribution in [0.2, 0.25) is 0 Å². The highest BCUT2D eigenvalue weighted by molar-refractivity contribution is 9.10. The standard InChI is InChI=1S/C10H12BrN5/c1-7(12)2-8-3-13-10(14-4-8)16-6-9(11)5-15-16/h3-7H,2,12H2,1H3. The van der Waals surface area contributed by atoms with Crippen molar-refractivity contribution in [3.63, 3.8) is 0 Å². The van der Waals surface area contributed by atoms with Crippen LogP contribution in [0.1, 0.15) is 12.5 Å². The van der Waals surface area contributed by atoms with E-state index in [4.69, 9.17) is 5.73 Å². The van der Waals surface area contributed by atoms with Crippen LogP contribution in [0.15, 0.2) is 29.3 Å². The van der Waals surface area contributed by atoms with Crippen molar-refractivity contribution in [2.24, 2.45) is 5.73 Å². The van der Waals surface area contributed by atoms with Crippen molar-refractivity contribution in [3.8, 4) is 5.95 Å². The summed E-state index contributed by atoms with van der Waals surface area (Å²) >= 11 is 3.32. The molecule has 1 atom stereocenters. The third kappa shape index (κ3) is 2.65. The summed E-state index contributed by atoms with van der Waals surface area (Å²) in [6.45, 7) is 1.96. The molecule has 0 bridgehead atoms. The second-order valence-corrected chi connectivity index (χ2v) is 4.59. The first-order chi connectivity index (χ1) is 7.65. The normalized spacial score (nSPS) is 12.7. The molecular formula is C10H12BrN5. The van der Waals surface area contributed by atoms with Crippen LogP contribution in [-0.4, -0.2) is 25.8 Å². The van der Waals surface area contributed by atoms with Crippen molar-refractivity contribution in [2.75, 3.05) is 0 Å². The van der Waals surface area contributed by atoms with Crippen LogP contribution in [0.25, 0.3) is 5.95 Å². The van der Waals surface area contributed by atoms with Gasteiger partial charge in [0.2, 0.25) is 5.95 Å². The van der Waals surface area contributed by atoms with E-state index in [-0.39, 0.29) is 6.04 Å². The fourth-order valence-corrected chi connectivity index (χ4v) is 1.64. The van der Waals surface area contributed by atoms with Gasteiger partial charge < -0.3 is 5.73 Å². The smallest absolute Gasteiger partial charge is 0.250 e. The predicted molar refractivity (Wildman–Crippen MR) is 64.2 cm³/mol. The van der Waals surface area contributed by atoms with Crippen molar-refractivity contribution in [3.05, 3.63) is 34.8 Å². The largest absolute Gasteiger partial charge is 0.328 e. The Morgan fingerprint density at radius 1 is 1.38 bits per heavy atom. The second kappa shape index (κ2) is 4.71. The molecule has 0 aliphatic rings. The molecule has 5 nitrogen and oxygen atoms in total. The summed E-state index contributed by atoms with van der Waals surface area (Å²) < 4.78 is 2.51. The number of aromatic nitrogens is 4. The predicted octanol–water partition coefficient (Wildman–Crippen LogP) is 1.31. The molecule has 16 heavy (non-hydrogen) atoms.